The third kappa shape index (κ3) is 3.46. The number of likely N-dealkylation sites (tertiary alicyclic amines) is 1. The average Bonchev–Trinajstić information content (AvgIpc) is 2.34. The summed E-state index contributed by atoms with van der Waals surface area (Å²) in [6.45, 7) is 7.61. The number of rotatable bonds is 2. The van der Waals surface area contributed by atoms with E-state index in [-0.39, 0.29) is 0 Å². The molecular weight excluding hydrogens is 277 g/mol. The standard InChI is InChI=1S/C16H21Cl2N/c1-4-15-8-11(2)7-12(3)19(15)10-13-5-6-14(17)9-16(13)18/h4-6,9,11-12H,7-8,10H2,1-3H3. The Hall–Kier alpha value is -0.660. The molecule has 0 saturated carbocycles. The van der Waals surface area contributed by atoms with Crippen molar-refractivity contribution in [3.8, 4) is 0 Å². The summed E-state index contributed by atoms with van der Waals surface area (Å²) in [5.41, 5.74) is 2.57. The molecule has 0 bridgehead atoms. The van der Waals surface area contributed by atoms with Crippen molar-refractivity contribution in [2.75, 3.05) is 0 Å². The van der Waals surface area contributed by atoms with E-state index in [2.05, 4.69) is 31.7 Å². The third-order valence-corrected chi connectivity index (χ3v) is 4.48. The van der Waals surface area contributed by atoms with E-state index in [1.165, 1.54) is 12.1 Å². The lowest BCUT2D eigenvalue weighted by Gasteiger charge is -2.40. The molecule has 0 aromatic heterocycles. The van der Waals surface area contributed by atoms with Crippen LogP contribution in [0.25, 0.3) is 0 Å². The van der Waals surface area contributed by atoms with Gasteiger partial charge in [-0.1, -0.05) is 42.3 Å². The van der Waals surface area contributed by atoms with Gasteiger partial charge in [0.25, 0.3) is 0 Å². The van der Waals surface area contributed by atoms with Gasteiger partial charge in [-0.2, -0.15) is 0 Å². The second-order valence-corrected chi connectivity index (χ2v) is 6.38. The van der Waals surface area contributed by atoms with Gasteiger partial charge < -0.3 is 4.90 Å². The largest absolute Gasteiger partial charge is 0.368 e. The van der Waals surface area contributed by atoms with Crippen LogP contribution < -0.4 is 0 Å². The van der Waals surface area contributed by atoms with Crippen LogP contribution in [0, 0.1) is 5.92 Å². The summed E-state index contributed by atoms with van der Waals surface area (Å²) in [5, 5.41) is 1.45. The van der Waals surface area contributed by atoms with Gasteiger partial charge in [0, 0.05) is 28.3 Å². The first-order chi connectivity index (χ1) is 9.01. The van der Waals surface area contributed by atoms with Gasteiger partial charge in [0.05, 0.1) is 0 Å². The Morgan fingerprint density at radius 3 is 2.68 bits per heavy atom. The molecule has 3 heteroatoms. The second kappa shape index (κ2) is 6.19. The van der Waals surface area contributed by atoms with Crippen molar-refractivity contribution in [3.63, 3.8) is 0 Å². The van der Waals surface area contributed by atoms with Gasteiger partial charge in [0.1, 0.15) is 0 Å². The first kappa shape index (κ1) is 14.7. The Kier molecular flexibility index (Phi) is 4.81. The molecule has 19 heavy (non-hydrogen) atoms. The van der Waals surface area contributed by atoms with Gasteiger partial charge in [0.2, 0.25) is 0 Å². The molecular formula is C16H21Cl2N. The van der Waals surface area contributed by atoms with Crippen LogP contribution in [0.3, 0.4) is 0 Å². The van der Waals surface area contributed by atoms with Gasteiger partial charge in [0.15, 0.2) is 0 Å². The van der Waals surface area contributed by atoms with Gasteiger partial charge in [-0.3, -0.25) is 0 Å². The van der Waals surface area contributed by atoms with Crippen LogP contribution >= 0.6 is 23.2 Å². The normalized spacial score (nSPS) is 25.9. The molecule has 2 unspecified atom stereocenters. The van der Waals surface area contributed by atoms with E-state index in [0.717, 1.165) is 29.5 Å². The molecule has 1 saturated heterocycles. The van der Waals surface area contributed by atoms with Crippen molar-refractivity contribution in [1.29, 1.82) is 0 Å². The SMILES string of the molecule is CC=C1CC(C)CC(C)N1Cc1ccc(Cl)cc1Cl. The Bertz CT molecular complexity index is 482. The predicted molar refractivity (Wildman–Crippen MR) is 83.6 cm³/mol. The minimum atomic E-state index is 0.557. The number of hydrogen-bond donors (Lipinski definition) is 0. The molecule has 0 spiro atoms. The summed E-state index contributed by atoms with van der Waals surface area (Å²) < 4.78 is 0. The minimum Gasteiger partial charge on any atom is -0.368 e. The lowest BCUT2D eigenvalue weighted by Crippen LogP contribution is -2.38. The fourth-order valence-electron chi connectivity index (χ4n) is 2.92. The average molecular weight is 298 g/mol. The zero-order chi connectivity index (χ0) is 14.0. The van der Waals surface area contributed by atoms with Crippen LogP contribution in [-0.2, 0) is 6.54 Å². The Morgan fingerprint density at radius 2 is 2.05 bits per heavy atom. The number of benzene rings is 1. The number of piperidine rings is 1. The van der Waals surface area contributed by atoms with Gasteiger partial charge in [-0.05, 0) is 50.3 Å². The summed E-state index contributed by atoms with van der Waals surface area (Å²) in [5.74, 6) is 0.762. The number of hydrogen-bond acceptors (Lipinski definition) is 1. The molecule has 1 aromatic carbocycles. The molecule has 104 valence electrons. The van der Waals surface area contributed by atoms with Crippen molar-refractivity contribution in [2.45, 2.75) is 46.2 Å². The van der Waals surface area contributed by atoms with Crippen LogP contribution in [0.5, 0.6) is 0 Å². The van der Waals surface area contributed by atoms with Crippen LogP contribution in [0.2, 0.25) is 10.0 Å². The topological polar surface area (TPSA) is 3.24 Å². The van der Waals surface area contributed by atoms with E-state index < -0.39 is 0 Å². The quantitative estimate of drug-likeness (QED) is 0.695. The molecule has 1 aliphatic rings. The Morgan fingerprint density at radius 1 is 1.32 bits per heavy atom. The smallest absolute Gasteiger partial charge is 0.0470 e. The van der Waals surface area contributed by atoms with E-state index in [1.54, 1.807) is 0 Å². The Balaban J connectivity index is 2.20. The molecule has 1 aliphatic heterocycles. The Labute approximate surface area is 126 Å². The van der Waals surface area contributed by atoms with Crippen molar-refractivity contribution < 1.29 is 0 Å². The minimum absolute atomic E-state index is 0.557. The third-order valence-electron chi connectivity index (χ3n) is 3.89. The highest BCUT2D eigenvalue weighted by molar-refractivity contribution is 6.35. The maximum Gasteiger partial charge on any atom is 0.0470 e. The molecule has 0 N–H and O–H groups in total. The van der Waals surface area contributed by atoms with Crippen LogP contribution in [0.15, 0.2) is 30.0 Å². The summed E-state index contributed by atoms with van der Waals surface area (Å²) in [6, 6.07) is 6.32. The molecule has 2 atom stereocenters. The molecule has 1 fully saturated rings. The van der Waals surface area contributed by atoms with Crippen molar-refractivity contribution in [1.82, 2.24) is 4.90 Å². The van der Waals surface area contributed by atoms with Gasteiger partial charge in [-0.15, -0.1) is 0 Å². The van der Waals surface area contributed by atoms with E-state index in [4.69, 9.17) is 23.2 Å². The van der Waals surface area contributed by atoms with Gasteiger partial charge in [-0.25, -0.2) is 0 Å². The number of allylic oxidation sites excluding steroid dienone is 2. The van der Waals surface area contributed by atoms with Crippen molar-refractivity contribution in [3.05, 3.63) is 45.6 Å². The second-order valence-electron chi connectivity index (χ2n) is 5.54. The molecule has 0 radical (unpaired) electrons. The predicted octanol–water partition coefficient (Wildman–Crippen LogP) is 5.52. The fourth-order valence-corrected chi connectivity index (χ4v) is 3.39. The highest BCUT2D eigenvalue weighted by Crippen LogP contribution is 2.33. The van der Waals surface area contributed by atoms with Gasteiger partial charge >= 0.3 is 0 Å². The summed E-state index contributed by atoms with van der Waals surface area (Å²) >= 11 is 12.2. The fraction of sp³-hybridized carbons (Fsp3) is 0.500. The lowest BCUT2D eigenvalue weighted by molar-refractivity contribution is 0.172. The van der Waals surface area contributed by atoms with Crippen LogP contribution in [0.4, 0.5) is 0 Å². The maximum absolute atomic E-state index is 6.29. The lowest BCUT2D eigenvalue weighted by atomic mass is 9.90. The molecule has 1 aromatic rings. The number of nitrogens with zero attached hydrogens (tertiary/aromatic N) is 1. The molecule has 1 nitrogen and oxygen atoms in total. The monoisotopic (exact) mass is 297 g/mol. The van der Waals surface area contributed by atoms with Crippen LogP contribution in [-0.4, -0.2) is 10.9 Å². The van der Waals surface area contributed by atoms with E-state index in [1.807, 2.05) is 18.2 Å². The van der Waals surface area contributed by atoms with Crippen LogP contribution in [0.1, 0.15) is 39.2 Å². The molecule has 0 amide bonds. The van der Waals surface area contributed by atoms with E-state index >= 15 is 0 Å². The first-order valence-corrected chi connectivity index (χ1v) is 7.62. The zero-order valence-corrected chi connectivity index (χ0v) is 13.3. The zero-order valence-electron chi connectivity index (χ0n) is 11.8. The van der Waals surface area contributed by atoms with E-state index in [0.29, 0.717) is 11.1 Å². The first-order valence-electron chi connectivity index (χ1n) is 6.87. The summed E-state index contributed by atoms with van der Waals surface area (Å²) in [7, 11) is 0. The molecule has 1 heterocycles. The van der Waals surface area contributed by atoms with E-state index in [9.17, 15) is 0 Å². The highest BCUT2D eigenvalue weighted by atomic mass is 35.5. The highest BCUT2D eigenvalue weighted by Gasteiger charge is 2.26. The van der Waals surface area contributed by atoms with Crippen molar-refractivity contribution in [2.24, 2.45) is 5.92 Å². The summed E-state index contributed by atoms with van der Waals surface area (Å²) in [6.07, 6.45) is 4.63. The molecule has 2 rings (SSSR count). The maximum atomic E-state index is 6.29. The molecule has 0 aliphatic carbocycles. The summed E-state index contributed by atoms with van der Waals surface area (Å²) in [4.78, 5) is 2.47. The number of halogens is 2. The van der Waals surface area contributed by atoms with Crippen molar-refractivity contribution >= 4 is 23.2 Å².